The van der Waals surface area contributed by atoms with E-state index in [2.05, 4.69) is 5.32 Å². The fraction of sp³-hybridized carbons (Fsp3) is 0.429. The number of para-hydroxylation sites is 1. The first-order valence-corrected chi connectivity index (χ1v) is 6.46. The maximum atomic E-state index is 11.8. The number of nitrogens with one attached hydrogen (secondary N) is 1. The Bertz CT molecular complexity index is 428. The van der Waals surface area contributed by atoms with E-state index in [0.29, 0.717) is 26.3 Å². The molecule has 2 rings (SSSR count). The molecule has 5 nitrogen and oxygen atoms in total. The Labute approximate surface area is 112 Å². The van der Waals surface area contributed by atoms with Crippen molar-refractivity contribution in [3.63, 3.8) is 0 Å². The lowest BCUT2D eigenvalue weighted by molar-refractivity contribution is -0.136. The van der Waals surface area contributed by atoms with Gasteiger partial charge in [-0.3, -0.25) is 9.59 Å². The summed E-state index contributed by atoms with van der Waals surface area (Å²) in [5.41, 5.74) is 0.756. The lowest BCUT2D eigenvalue weighted by Gasteiger charge is -2.26. The van der Waals surface area contributed by atoms with Crippen molar-refractivity contribution in [1.82, 2.24) is 4.90 Å². The lowest BCUT2D eigenvalue weighted by Crippen LogP contribution is -2.40. The largest absolute Gasteiger partial charge is 0.378 e. The van der Waals surface area contributed by atoms with E-state index in [1.807, 2.05) is 30.3 Å². The van der Waals surface area contributed by atoms with Gasteiger partial charge in [-0.05, 0) is 12.1 Å². The number of anilines is 1. The van der Waals surface area contributed by atoms with Crippen LogP contribution in [0.5, 0.6) is 0 Å². The van der Waals surface area contributed by atoms with E-state index >= 15 is 0 Å². The third kappa shape index (κ3) is 4.37. The Balaban J connectivity index is 1.72. The molecule has 0 aromatic heterocycles. The van der Waals surface area contributed by atoms with Gasteiger partial charge in [-0.15, -0.1) is 0 Å². The number of amides is 2. The summed E-state index contributed by atoms with van der Waals surface area (Å²) < 4.78 is 5.18. The normalized spacial score (nSPS) is 15.1. The molecule has 1 N–H and O–H groups in total. The van der Waals surface area contributed by atoms with Gasteiger partial charge in [0.2, 0.25) is 11.8 Å². The zero-order valence-corrected chi connectivity index (χ0v) is 10.8. The minimum absolute atomic E-state index is 0.0199. The summed E-state index contributed by atoms with van der Waals surface area (Å²) in [6, 6.07) is 9.24. The van der Waals surface area contributed by atoms with E-state index in [1.54, 1.807) is 4.90 Å². The predicted molar refractivity (Wildman–Crippen MR) is 71.7 cm³/mol. The standard InChI is InChI=1S/C14H18N2O3/c17-13(15-12-4-2-1-3-5-12)6-7-14(18)16-8-10-19-11-9-16/h1-5H,6-11H2,(H,15,17). The second kappa shape index (κ2) is 6.89. The second-order valence-electron chi connectivity index (χ2n) is 4.41. The van der Waals surface area contributed by atoms with Crippen molar-refractivity contribution in [2.45, 2.75) is 12.8 Å². The smallest absolute Gasteiger partial charge is 0.224 e. The molecule has 5 heteroatoms. The predicted octanol–water partition coefficient (Wildman–Crippen LogP) is 1.26. The van der Waals surface area contributed by atoms with E-state index in [-0.39, 0.29) is 24.7 Å². The Hall–Kier alpha value is -1.88. The Morgan fingerprint density at radius 1 is 1.11 bits per heavy atom. The average Bonchev–Trinajstić information content (AvgIpc) is 2.47. The van der Waals surface area contributed by atoms with Gasteiger partial charge < -0.3 is 15.0 Å². The molecular weight excluding hydrogens is 244 g/mol. The van der Waals surface area contributed by atoms with Gasteiger partial charge >= 0.3 is 0 Å². The van der Waals surface area contributed by atoms with Gasteiger partial charge in [0, 0.05) is 31.6 Å². The van der Waals surface area contributed by atoms with Gasteiger partial charge in [-0.25, -0.2) is 0 Å². The van der Waals surface area contributed by atoms with E-state index in [0.717, 1.165) is 5.69 Å². The van der Waals surface area contributed by atoms with Crippen LogP contribution in [-0.2, 0) is 14.3 Å². The van der Waals surface area contributed by atoms with Crippen molar-refractivity contribution in [1.29, 1.82) is 0 Å². The zero-order chi connectivity index (χ0) is 13.5. The Kier molecular flexibility index (Phi) is 4.92. The molecule has 1 heterocycles. The highest BCUT2D eigenvalue weighted by Gasteiger charge is 2.17. The van der Waals surface area contributed by atoms with E-state index in [4.69, 9.17) is 4.74 Å². The van der Waals surface area contributed by atoms with Crippen LogP contribution in [0, 0.1) is 0 Å². The molecule has 0 bridgehead atoms. The van der Waals surface area contributed by atoms with Gasteiger partial charge in [0.15, 0.2) is 0 Å². The highest BCUT2D eigenvalue weighted by atomic mass is 16.5. The van der Waals surface area contributed by atoms with Gasteiger partial charge in [0.25, 0.3) is 0 Å². The SMILES string of the molecule is O=C(CCC(=O)N1CCOCC1)Nc1ccccc1. The number of carbonyl (C=O) groups is 2. The Morgan fingerprint density at radius 2 is 1.79 bits per heavy atom. The van der Waals surface area contributed by atoms with Crippen LogP contribution in [-0.4, -0.2) is 43.0 Å². The van der Waals surface area contributed by atoms with E-state index in [1.165, 1.54) is 0 Å². The van der Waals surface area contributed by atoms with Crippen molar-refractivity contribution in [2.24, 2.45) is 0 Å². The number of hydrogen-bond acceptors (Lipinski definition) is 3. The van der Waals surface area contributed by atoms with Crippen molar-refractivity contribution < 1.29 is 14.3 Å². The van der Waals surface area contributed by atoms with E-state index < -0.39 is 0 Å². The fourth-order valence-corrected chi connectivity index (χ4v) is 1.94. The molecule has 102 valence electrons. The summed E-state index contributed by atoms with van der Waals surface area (Å²) in [5, 5.41) is 2.77. The zero-order valence-electron chi connectivity index (χ0n) is 10.8. The molecule has 1 saturated heterocycles. The van der Waals surface area contributed by atoms with Crippen molar-refractivity contribution in [3.05, 3.63) is 30.3 Å². The minimum atomic E-state index is -0.132. The molecule has 1 aromatic carbocycles. The molecule has 0 atom stereocenters. The summed E-state index contributed by atoms with van der Waals surface area (Å²) in [6.45, 7) is 2.42. The third-order valence-corrected chi connectivity index (χ3v) is 2.99. The summed E-state index contributed by atoms with van der Waals surface area (Å²) >= 11 is 0. The second-order valence-corrected chi connectivity index (χ2v) is 4.41. The van der Waals surface area contributed by atoms with Crippen LogP contribution in [0.2, 0.25) is 0 Å². The van der Waals surface area contributed by atoms with Crippen molar-refractivity contribution in [3.8, 4) is 0 Å². The topological polar surface area (TPSA) is 58.6 Å². The number of carbonyl (C=O) groups excluding carboxylic acids is 2. The maximum Gasteiger partial charge on any atom is 0.224 e. The molecule has 0 radical (unpaired) electrons. The molecule has 0 spiro atoms. The van der Waals surface area contributed by atoms with Gasteiger partial charge in [-0.1, -0.05) is 18.2 Å². The average molecular weight is 262 g/mol. The van der Waals surface area contributed by atoms with Crippen LogP contribution >= 0.6 is 0 Å². The van der Waals surface area contributed by atoms with Crippen molar-refractivity contribution in [2.75, 3.05) is 31.6 Å². The molecule has 1 aliphatic heterocycles. The van der Waals surface area contributed by atoms with Crippen LogP contribution in [0.3, 0.4) is 0 Å². The van der Waals surface area contributed by atoms with Crippen LogP contribution in [0.1, 0.15) is 12.8 Å². The first-order valence-electron chi connectivity index (χ1n) is 6.46. The highest BCUT2D eigenvalue weighted by molar-refractivity contribution is 5.93. The molecule has 1 aliphatic rings. The summed E-state index contributed by atoms with van der Waals surface area (Å²) in [4.78, 5) is 25.3. The van der Waals surface area contributed by atoms with Crippen LogP contribution in [0.15, 0.2) is 30.3 Å². The molecule has 0 unspecified atom stereocenters. The highest BCUT2D eigenvalue weighted by Crippen LogP contribution is 2.07. The number of hydrogen-bond donors (Lipinski definition) is 1. The van der Waals surface area contributed by atoms with Gasteiger partial charge in [0.05, 0.1) is 13.2 Å². The summed E-state index contributed by atoms with van der Waals surface area (Å²) in [7, 11) is 0. The first-order chi connectivity index (χ1) is 9.25. The molecule has 1 fully saturated rings. The number of morpholine rings is 1. The third-order valence-electron chi connectivity index (χ3n) is 2.99. The Morgan fingerprint density at radius 3 is 2.47 bits per heavy atom. The molecule has 0 saturated carbocycles. The number of rotatable bonds is 4. The summed E-state index contributed by atoms with van der Waals surface area (Å²) in [5.74, 6) is -0.112. The van der Waals surface area contributed by atoms with Crippen LogP contribution in [0.25, 0.3) is 0 Å². The van der Waals surface area contributed by atoms with Crippen LogP contribution < -0.4 is 5.32 Å². The molecule has 2 amide bonds. The summed E-state index contributed by atoms with van der Waals surface area (Å²) in [6.07, 6.45) is 0.462. The van der Waals surface area contributed by atoms with Gasteiger partial charge in [0.1, 0.15) is 0 Å². The monoisotopic (exact) mass is 262 g/mol. The fourth-order valence-electron chi connectivity index (χ4n) is 1.94. The van der Waals surface area contributed by atoms with Gasteiger partial charge in [-0.2, -0.15) is 0 Å². The first kappa shape index (κ1) is 13.5. The molecular formula is C14H18N2O3. The van der Waals surface area contributed by atoms with Crippen molar-refractivity contribution >= 4 is 17.5 Å². The number of ether oxygens (including phenoxy) is 1. The molecule has 19 heavy (non-hydrogen) atoms. The van der Waals surface area contributed by atoms with Crippen LogP contribution in [0.4, 0.5) is 5.69 Å². The number of benzene rings is 1. The minimum Gasteiger partial charge on any atom is -0.378 e. The maximum absolute atomic E-state index is 11.8. The molecule has 0 aliphatic carbocycles. The lowest BCUT2D eigenvalue weighted by atomic mass is 10.2. The molecule has 1 aromatic rings. The number of nitrogens with zero attached hydrogens (tertiary/aromatic N) is 1. The quantitative estimate of drug-likeness (QED) is 0.888. The van der Waals surface area contributed by atoms with E-state index in [9.17, 15) is 9.59 Å².